The van der Waals surface area contributed by atoms with Gasteiger partial charge in [0.1, 0.15) is 5.75 Å². The van der Waals surface area contributed by atoms with Crippen molar-refractivity contribution in [2.24, 2.45) is 5.73 Å². The Morgan fingerprint density at radius 1 is 1.33 bits per heavy atom. The van der Waals surface area contributed by atoms with Crippen molar-refractivity contribution < 1.29 is 4.74 Å². The lowest BCUT2D eigenvalue weighted by Crippen LogP contribution is -2.31. The molecule has 0 radical (unpaired) electrons. The van der Waals surface area contributed by atoms with Gasteiger partial charge in [-0.1, -0.05) is 20.8 Å². The fourth-order valence-corrected chi connectivity index (χ4v) is 2.02. The SMILES string of the molecule is COc1ccc(NCC2(N)CC2)cc1C(C)(C)C. The molecule has 1 aliphatic rings. The van der Waals surface area contributed by atoms with E-state index in [-0.39, 0.29) is 11.0 Å². The third kappa shape index (κ3) is 2.96. The van der Waals surface area contributed by atoms with Gasteiger partial charge < -0.3 is 15.8 Å². The van der Waals surface area contributed by atoms with Gasteiger partial charge in [-0.25, -0.2) is 0 Å². The van der Waals surface area contributed by atoms with E-state index in [1.165, 1.54) is 5.56 Å². The number of nitrogens with one attached hydrogen (secondary N) is 1. The number of methoxy groups -OCH3 is 1. The standard InChI is InChI=1S/C15H24N2O/c1-14(2,3)12-9-11(5-6-13(12)18-4)17-10-15(16)7-8-15/h5-6,9,17H,7-8,10,16H2,1-4H3. The summed E-state index contributed by atoms with van der Waals surface area (Å²) in [6, 6.07) is 6.25. The number of hydrogen-bond donors (Lipinski definition) is 2. The summed E-state index contributed by atoms with van der Waals surface area (Å²) in [4.78, 5) is 0. The molecule has 100 valence electrons. The normalized spacial score (nSPS) is 17.4. The maximum atomic E-state index is 6.09. The van der Waals surface area contributed by atoms with Crippen LogP contribution < -0.4 is 15.8 Å². The number of ether oxygens (including phenoxy) is 1. The van der Waals surface area contributed by atoms with Crippen molar-refractivity contribution in [1.29, 1.82) is 0 Å². The van der Waals surface area contributed by atoms with Gasteiger partial charge in [0, 0.05) is 23.3 Å². The van der Waals surface area contributed by atoms with Crippen LogP contribution in [-0.4, -0.2) is 19.2 Å². The molecule has 0 amide bonds. The van der Waals surface area contributed by atoms with Crippen LogP contribution in [0.4, 0.5) is 5.69 Å². The summed E-state index contributed by atoms with van der Waals surface area (Å²) in [6.07, 6.45) is 2.25. The van der Waals surface area contributed by atoms with Gasteiger partial charge in [-0.2, -0.15) is 0 Å². The minimum Gasteiger partial charge on any atom is -0.496 e. The van der Waals surface area contributed by atoms with E-state index in [0.29, 0.717) is 0 Å². The van der Waals surface area contributed by atoms with E-state index in [9.17, 15) is 0 Å². The summed E-state index contributed by atoms with van der Waals surface area (Å²) in [5, 5.41) is 3.43. The van der Waals surface area contributed by atoms with Gasteiger partial charge in [0.05, 0.1) is 7.11 Å². The molecule has 0 aromatic heterocycles. The molecule has 1 saturated carbocycles. The first kappa shape index (κ1) is 13.2. The molecular weight excluding hydrogens is 224 g/mol. The van der Waals surface area contributed by atoms with Crippen molar-refractivity contribution in [1.82, 2.24) is 0 Å². The first-order valence-electron chi connectivity index (χ1n) is 6.55. The molecule has 0 heterocycles. The molecule has 1 fully saturated rings. The van der Waals surface area contributed by atoms with Crippen LogP contribution in [0.2, 0.25) is 0 Å². The van der Waals surface area contributed by atoms with Gasteiger partial charge in [-0.3, -0.25) is 0 Å². The molecule has 3 heteroatoms. The first-order valence-corrected chi connectivity index (χ1v) is 6.55. The van der Waals surface area contributed by atoms with Crippen molar-refractivity contribution in [2.75, 3.05) is 19.0 Å². The molecule has 1 aromatic carbocycles. The summed E-state index contributed by atoms with van der Waals surface area (Å²) in [5.74, 6) is 0.946. The quantitative estimate of drug-likeness (QED) is 0.861. The van der Waals surface area contributed by atoms with Gasteiger partial charge in [0.15, 0.2) is 0 Å². The average Bonchev–Trinajstić information content (AvgIpc) is 3.04. The minimum absolute atomic E-state index is 0.0296. The largest absolute Gasteiger partial charge is 0.496 e. The van der Waals surface area contributed by atoms with Crippen LogP contribution in [0.3, 0.4) is 0 Å². The van der Waals surface area contributed by atoms with Crippen LogP contribution in [0.5, 0.6) is 5.75 Å². The number of rotatable bonds is 4. The predicted molar refractivity (Wildman–Crippen MR) is 76.3 cm³/mol. The number of hydrogen-bond acceptors (Lipinski definition) is 3. The summed E-state index contributed by atoms with van der Waals surface area (Å²) in [5.41, 5.74) is 8.53. The van der Waals surface area contributed by atoms with E-state index >= 15 is 0 Å². The van der Waals surface area contributed by atoms with E-state index in [1.807, 2.05) is 6.07 Å². The zero-order chi connectivity index (χ0) is 13.4. The Kier molecular flexibility index (Phi) is 3.28. The van der Waals surface area contributed by atoms with Gasteiger partial charge >= 0.3 is 0 Å². The van der Waals surface area contributed by atoms with Crippen LogP contribution in [0, 0.1) is 0 Å². The first-order chi connectivity index (χ1) is 8.34. The van der Waals surface area contributed by atoms with E-state index in [1.54, 1.807) is 7.11 Å². The Morgan fingerprint density at radius 3 is 2.50 bits per heavy atom. The van der Waals surface area contributed by atoms with E-state index in [2.05, 4.69) is 38.2 Å². The van der Waals surface area contributed by atoms with E-state index in [4.69, 9.17) is 10.5 Å². The molecule has 1 aromatic rings. The zero-order valence-corrected chi connectivity index (χ0v) is 11.8. The molecule has 18 heavy (non-hydrogen) atoms. The van der Waals surface area contributed by atoms with E-state index < -0.39 is 0 Å². The van der Waals surface area contributed by atoms with Crippen LogP contribution in [0.25, 0.3) is 0 Å². The highest BCUT2D eigenvalue weighted by Gasteiger charge is 2.37. The molecule has 0 bridgehead atoms. The predicted octanol–water partition coefficient (Wildman–Crippen LogP) is 2.90. The zero-order valence-electron chi connectivity index (χ0n) is 11.8. The molecule has 0 aliphatic heterocycles. The monoisotopic (exact) mass is 248 g/mol. The second-order valence-electron chi connectivity index (χ2n) is 6.38. The Hall–Kier alpha value is -1.22. The number of anilines is 1. The molecule has 0 unspecified atom stereocenters. The van der Waals surface area contributed by atoms with Crippen LogP contribution in [0.15, 0.2) is 18.2 Å². The van der Waals surface area contributed by atoms with Gasteiger partial charge in [0.25, 0.3) is 0 Å². The van der Waals surface area contributed by atoms with Crippen molar-refractivity contribution >= 4 is 5.69 Å². The lowest BCUT2D eigenvalue weighted by Gasteiger charge is -2.23. The Balaban J connectivity index is 2.17. The van der Waals surface area contributed by atoms with Gasteiger partial charge in [-0.05, 0) is 36.5 Å². The van der Waals surface area contributed by atoms with Crippen molar-refractivity contribution in [3.63, 3.8) is 0 Å². The highest BCUT2D eigenvalue weighted by molar-refractivity contribution is 5.53. The lowest BCUT2D eigenvalue weighted by atomic mass is 9.86. The number of benzene rings is 1. The molecule has 0 spiro atoms. The maximum Gasteiger partial charge on any atom is 0.122 e. The summed E-state index contributed by atoms with van der Waals surface area (Å²) < 4.78 is 5.43. The molecule has 1 aliphatic carbocycles. The lowest BCUT2D eigenvalue weighted by molar-refractivity contribution is 0.397. The van der Waals surface area contributed by atoms with Crippen molar-refractivity contribution in [2.45, 2.75) is 44.6 Å². The average molecular weight is 248 g/mol. The second kappa shape index (κ2) is 4.47. The van der Waals surface area contributed by atoms with Crippen LogP contribution in [-0.2, 0) is 5.41 Å². The third-order valence-electron chi connectivity index (χ3n) is 3.54. The van der Waals surface area contributed by atoms with Crippen LogP contribution >= 0.6 is 0 Å². The summed E-state index contributed by atoms with van der Waals surface area (Å²) in [7, 11) is 1.72. The third-order valence-corrected chi connectivity index (χ3v) is 3.54. The smallest absolute Gasteiger partial charge is 0.122 e. The highest BCUT2D eigenvalue weighted by Crippen LogP contribution is 2.35. The molecule has 3 N–H and O–H groups in total. The molecule has 2 rings (SSSR count). The fourth-order valence-electron chi connectivity index (χ4n) is 2.02. The van der Waals surface area contributed by atoms with Crippen LogP contribution in [0.1, 0.15) is 39.2 Å². The summed E-state index contributed by atoms with van der Waals surface area (Å²) >= 11 is 0. The number of nitrogens with two attached hydrogens (primary N) is 1. The van der Waals surface area contributed by atoms with E-state index in [0.717, 1.165) is 30.8 Å². The molecule has 0 saturated heterocycles. The molecule has 0 atom stereocenters. The highest BCUT2D eigenvalue weighted by atomic mass is 16.5. The maximum absolute atomic E-state index is 6.09. The fraction of sp³-hybridized carbons (Fsp3) is 0.600. The molecular formula is C15H24N2O. The topological polar surface area (TPSA) is 47.3 Å². The van der Waals surface area contributed by atoms with Crippen molar-refractivity contribution in [3.8, 4) is 5.75 Å². The van der Waals surface area contributed by atoms with Gasteiger partial charge in [0.2, 0.25) is 0 Å². The van der Waals surface area contributed by atoms with Gasteiger partial charge in [-0.15, -0.1) is 0 Å². The second-order valence-corrected chi connectivity index (χ2v) is 6.38. The Labute approximate surface area is 110 Å². The Bertz CT molecular complexity index is 431. The Morgan fingerprint density at radius 2 is 2.00 bits per heavy atom. The van der Waals surface area contributed by atoms with Crippen molar-refractivity contribution in [3.05, 3.63) is 23.8 Å². The molecule has 3 nitrogen and oxygen atoms in total. The summed E-state index contributed by atoms with van der Waals surface area (Å²) in [6.45, 7) is 7.43. The minimum atomic E-state index is 0.0296.